The minimum absolute atomic E-state index is 0.0826. The quantitative estimate of drug-likeness (QED) is 0.328. The molecule has 4 aromatic rings. The molecule has 0 aliphatic carbocycles. The zero-order valence-corrected chi connectivity index (χ0v) is 21.1. The summed E-state index contributed by atoms with van der Waals surface area (Å²) in [5, 5.41) is 0.607. The molecule has 0 saturated carbocycles. The first-order chi connectivity index (χ1) is 16.2. The van der Waals surface area contributed by atoms with E-state index in [2.05, 4.69) is 18.0 Å². The van der Waals surface area contributed by atoms with Crippen LogP contribution in [-0.4, -0.2) is 30.0 Å². The Balaban J connectivity index is 1.54. The van der Waals surface area contributed by atoms with Gasteiger partial charge in [0.1, 0.15) is 0 Å². The number of aryl methyl sites for hydroxylation is 3. The number of hydrogen-bond donors (Lipinski definition) is 0. The molecule has 0 N–H and O–H groups in total. The first-order valence-corrected chi connectivity index (χ1v) is 13.6. The molecule has 6 nitrogen and oxygen atoms in total. The highest BCUT2D eigenvalue weighted by Crippen LogP contribution is 2.32. The molecular weight excluding hydrogens is 466 g/mol. The predicted molar refractivity (Wildman–Crippen MR) is 137 cm³/mol. The third kappa shape index (κ3) is 5.51. The predicted octanol–water partition coefficient (Wildman–Crippen LogP) is 5.40. The fourth-order valence-electron chi connectivity index (χ4n) is 3.63. The maximum Gasteiger partial charge on any atom is 0.229 e. The van der Waals surface area contributed by atoms with E-state index in [-0.39, 0.29) is 29.4 Å². The molecule has 0 unspecified atom stereocenters. The number of sulfone groups is 1. The summed E-state index contributed by atoms with van der Waals surface area (Å²) in [4.78, 5) is 24.1. The summed E-state index contributed by atoms with van der Waals surface area (Å²) in [7, 11) is -3.45. The van der Waals surface area contributed by atoms with Gasteiger partial charge < -0.3 is 0 Å². The van der Waals surface area contributed by atoms with Gasteiger partial charge in [0.2, 0.25) is 5.91 Å². The first kappa shape index (κ1) is 24.0. The highest BCUT2D eigenvalue weighted by molar-refractivity contribution is 7.91. The van der Waals surface area contributed by atoms with E-state index in [1.165, 1.54) is 16.9 Å². The van der Waals surface area contributed by atoms with Gasteiger partial charge in [-0.25, -0.2) is 13.4 Å². The summed E-state index contributed by atoms with van der Waals surface area (Å²) in [5.74, 6) is -0.240. The molecule has 0 spiro atoms. The van der Waals surface area contributed by atoms with Crippen LogP contribution in [0.15, 0.2) is 65.8 Å². The van der Waals surface area contributed by atoms with E-state index in [1.807, 2.05) is 32.0 Å². The van der Waals surface area contributed by atoms with E-state index in [9.17, 15) is 13.2 Å². The van der Waals surface area contributed by atoms with Crippen molar-refractivity contribution in [3.05, 3.63) is 83.2 Å². The van der Waals surface area contributed by atoms with Gasteiger partial charge in [-0.2, -0.15) is 0 Å². The molecular formula is C26H27N3O3S2. The third-order valence-electron chi connectivity index (χ3n) is 5.77. The first-order valence-electron chi connectivity index (χ1n) is 11.1. The van der Waals surface area contributed by atoms with Gasteiger partial charge in [-0.1, -0.05) is 35.1 Å². The second kappa shape index (κ2) is 10.0. The lowest BCUT2D eigenvalue weighted by Gasteiger charge is -2.20. The molecule has 34 heavy (non-hydrogen) atoms. The van der Waals surface area contributed by atoms with Gasteiger partial charge in [0.15, 0.2) is 15.0 Å². The second-order valence-electron chi connectivity index (χ2n) is 8.48. The van der Waals surface area contributed by atoms with Crippen LogP contribution in [0.2, 0.25) is 0 Å². The van der Waals surface area contributed by atoms with Gasteiger partial charge in [0, 0.05) is 18.8 Å². The minimum Gasteiger partial charge on any atom is -0.284 e. The van der Waals surface area contributed by atoms with Crippen LogP contribution in [0.25, 0.3) is 10.2 Å². The Morgan fingerprint density at radius 1 is 1.03 bits per heavy atom. The second-order valence-corrected chi connectivity index (χ2v) is 11.6. The largest absolute Gasteiger partial charge is 0.284 e. The smallest absolute Gasteiger partial charge is 0.229 e. The number of benzene rings is 2. The monoisotopic (exact) mass is 493 g/mol. The fraction of sp³-hybridized carbons (Fsp3) is 0.269. The zero-order valence-electron chi connectivity index (χ0n) is 19.5. The van der Waals surface area contributed by atoms with Crippen LogP contribution < -0.4 is 4.90 Å². The van der Waals surface area contributed by atoms with Crippen molar-refractivity contribution >= 4 is 42.4 Å². The van der Waals surface area contributed by atoms with Crippen LogP contribution in [-0.2, 0) is 21.2 Å². The van der Waals surface area contributed by atoms with Gasteiger partial charge in [0.25, 0.3) is 0 Å². The standard InChI is InChI=1S/C26H27N3O3S2/c1-18-8-10-22(11-9-18)34(31,32)13-5-7-25(30)29(17-21-6-4-12-27-16-21)26-28-23-14-19(2)20(3)15-24(23)33-26/h4,6,8-12,14-16H,5,7,13,17H2,1-3H3. The Labute approximate surface area is 204 Å². The molecule has 0 aliphatic rings. The molecule has 2 aromatic carbocycles. The zero-order chi connectivity index (χ0) is 24.3. The highest BCUT2D eigenvalue weighted by Gasteiger charge is 2.22. The molecule has 0 aliphatic heterocycles. The van der Waals surface area contributed by atoms with E-state index in [0.717, 1.165) is 26.9 Å². The maximum absolute atomic E-state index is 13.3. The lowest BCUT2D eigenvalue weighted by Crippen LogP contribution is -2.30. The summed E-state index contributed by atoms with van der Waals surface area (Å²) in [6.07, 6.45) is 3.76. The van der Waals surface area contributed by atoms with Gasteiger partial charge >= 0.3 is 0 Å². The Morgan fingerprint density at radius 2 is 1.76 bits per heavy atom. The molecule has 0 fully saturated rings. The minimum atomic E-state index is -3.45. The number of amides is 1. The summed E-state index contributed by atoms with van der Waals surface area (Å²) >= 11 is 1.47. The molecule has 0 bridgehead atoms. The SMILES string of the molecule is Cc1ccc(S(=O)(=O)CCCC(=O)N(Cc2cccnc2)c2nc3cc(C)c(C)cc3s2)cc1. The van der Waals surface area contributed by atoms with Crippen LogP contribution in [0.4, 0.5) is 5.13 Å². The lowest BCUT2D eigenvalue weighted by molar-refractivity contribution is -0.118. The van der Waals surface area contributed by atoms with Crippen molar-refractivity contribution in [2.75, 3.05) is 10.7 Å². The van der Waals surface area contributed by atoms with E-state index >= 15 is 0 Å². The number of thiazole rings is 1. The number of aromatic nitrogens is 2. The maximum atomic E-state index is 13.3. The van der Waals surface area contributed by atoms with Crippen molar-refractivity contribution in [3.63, 3.8) is 0 Å². The summed E-state index contributed by atoms with van der Waals surface area (Å²) in [5.41, 5.74) is 5.06. The number of pyridine rings is 1. The number of anilines is 1. The van der Waals surface area contributed by atoms with Gasteiger partial charge in [-0.15, -0.1) is 0 Å². The number of rotatable bonds is 8. The Hall–Kier alpha value is -3.10. The summed E-state index contributed by atoms with van der Waals surface area (Å²) in [6, 6.07) is 14.7. The average Bonchev–Trinajstić information content (AvgIpc) is 3.20. The van der Waals surface area contributed by atoms with Gasteiger partial charge in [0.05, 0.1) is 27.4 Å². The van der Waals surface area contributed by atoms with Gasteiger partial charge in [-0.3, -0.25) is 14.7 Å². The van der Waals surface area contributed by atoms with Crippen LogP contribution in [0.1, 0.15) is 35.1 Å². The average molecular weight is 494 g/mol. The van der Waals surface area contributed by atoms with E-state index in [0.29, 0.717) is 11.7 Å². The highest BCUT2D eigenvalue weighted by atomic mass is 32.2. The molecule has 176 valence electrons. The number of hydrogen-bond acceptors (Lipinski definition) is 6. The third-order valence-corrected chi connectivity index (χ3v) is 8.63. The molecule has 8 heteroatoms. The van der Waals surface area contributed by atoms with Crippen LogP contribution in [0.5, 0.6) is 0 Å². The van der Waals surface area contributed by atoms with Crippen molar-refractivity contribution in [1.29, 1.82) is 0 Å². The van der Waals surface area contributed by atoms with Crippen molar-refractivity contribution < 1.29 is 13.2 Å². The van der Waals surface area contributed by atoms with Gasteiger partial charge in [-0.05, 0) is 74.2 Å². The molecule has 4 rings (SSSR count). The number of nitrogens with zero attached hydrogens (tertiary/aromatic N) is 3. The van der Waals surface area contributed by atoms with Crippen molar-refractivity contribution in [2.45, 2.75) is 45.1 Å². The molecule has 1 amide bonds. The Kier molecular flexibility index (Phi) is 7.09. The number of carbonyl (C=O) groups is 1. The van der Waals surface area contributed by atoms with Crippen molar-refractivity contribution in [2.24, 2.45) is 0 Å². The number of fused-ring (bicyclic) bond motifs is 1. The topological polar surface area (TPSA) is 80.2 Å². The van der Waals surface area contributed by atoms with Crippen LogP contribution in [0.3, 0.4) is 0 Å². The fourth-order valence-corrected chi connectivity index (χ4v) is 6.00. The summed E-state index contributed by atoms with van der Waals surface area (Å²) < 4.78 is 26.4. The van der Waals surface area contributed by atoms with Crippen LogP contribution >= 0.6 is 11.3 Å². The number of carbonyl (C=O) groups excluding carboxylic acids is 1. The Morgan fingerprint density at radius 3 is 2.47 bits per heavy atom. The molecule has 2 aromatic heterocycles. The summed E-state index contributed by atoms with van der Waals surface area (Å²) in [6.45, 7) is 6.34. The molecule has 0 saturated heterocycles. The van der Waals surface area contributed by atoms with Crippen molar-refractivity contribution in [3.8, 4) is 0 Å². The molecule has 0 radical (unpaired) electrons. The van der Waals surface area contributed by atoms with E-state index in [1.54, 1.807) is 41.6 Å². The van der Waals surface area contributed by atoms with E-state index < -0.39 is 9.84 Å². The van der Waals surface area contributed by atoms with Crippen molar-refractivity contribution in [1.82, 2.24) is 9.97 Å². The molecule has 0 atom stereocenters. The normalized spacial score (nSPS) is 11.6. The van der Waals surface area contributed by atoms with Crippen LogP contribution in [0, 0.1) is 20.8 Å². The van der Waals surface area contributed by atoms with E-state index in [4.69, 9.17) is 4.98 Å². The Bertz CT molecular complexity index is 1370. The molecule has 2 heterocycles. The lowest BCUT2D eigenvalue weighted by atomic mass is 10.1.